The third kappa shape index (κ3) is 4.45. The molecule has 0 aliphatic rings. The topological polar surface area (TPSA) is 38.3 Å². The molecule has 0 radical (unpaired) electrons. The summed E-state index contributed by atoms with van der Waals surface area (Å²) < 4.78 is 6.88. The summed E-state index contributed by atoms with van der Waals surface area (Å²) in [6.07, 6.45) is 3.25. The molecule has 1 amide bonds. The van der Waals surface area contributed by atoms with Crippen molar-refractivity contribution in [3.05, 3.63) is 62.5 Å². The predicted molar refractivity (Wildman–Crippen MR) is 97.2 cm³/mol. The molecule has 22 heavy (non-hydrogen) atoms. The lowest BCUT2D eigenvalue weighted by molar-refractivity contribution is -0.111. The van der Waals surface area contributed by atoms with Crippen LogP contribution in [0.2, 0.25) is 0 Å². The van der Waals surface area contributed by atoms with Crippen molar-refractivity contribution in [1.29, 1.82) is 0 Å². The van der Waals surface area contributed by atoms with Gasteiger partial charge in [0.05, 0.1) is 17.3 Å². The minimum Gasteiger partial charge on any atom is -0.496 e. The van der Waals surface area contributed by atoms with Crippen molar-refractivity contribution in [2.75, 3.05) is 12.4 Å². The molecule has 0 aromatic heterocycles. The minimum atomic E-state index is -0.184. The molecule has 3 nitrogen and oxygen atoms in total. The maximum absolute atomic E-state index is 12.0. The third-order valence-corrected chi connectivity index (χ3v) is 4.26. The molecule has 0 saturated carbocycles. The fourth-order valence-electron chi connectivity index (χ4n) is 1.85. The molecular formula is C17H15Br2NO2. The van der Waals surface area contributed by atoms with Gasteiger partial charge in [0.1, 0.15) is 5.75 Å². The van der Waals surface area contributed by atoms with E-state index in [2.05, 4.69) is 37.2 Å². The third-order valence-electron chi connectivity index (χ3n) is 2.99. The number of nitrogens with one attached hydrogen (secondary N) is 1. The second-order valence-corrected chi connectivity index (χ2v) is 6.41. The monoisotopic (exact) mass is 423 g/mol. The smallest absolute Gasteiger partial charge is 0.248 e. The van der Waals surface area contributed by atoms with Crippen molar-refractivity contribution in [1.82, 2.24) is 0 Å². The van der Waals surface area contributed by atoms with Gasteiger partial charge >= 0.3 is 0 Å². The molecule has 1 N–H and O–H groups in total. The summed E-state index contributed by atoms with van der Waals surface area (Å²) in [5, 5.41) is 2.84. The Morgan fingerprint density at radius 1 is 1.14 bits per heavy atom. The van der Waals surface area contributed by atoms with Gasteiger partial charge in [0.25, 0.3) is 0 Å². The minimum absolute atomic E-state index is 0.184. The van der Waals surface area contributed by atoms with Gasteiger partial charge < -0.3 is 10.1 Å². The molecule has 0 spiro atoms. The van der Waals surface area contributed by atoms with E-state index in [-0.39, 0.29) is 5.91 Å². The van der Waals surface area contributed by atoms with Crippen LogP contribution in [0.4, 0.5) is 5.69 Å². The second kappa shape index (κ2) is 7.61. The molecule has 2 rings (SSSR count). The Bertz CT molecular complexity index is 727. The first kappa shape index (κ1) is 16.8. The molecule has 2 aromatic carbocycles. The number of halogens is 2. The van der Waals surface area contributed by atoms with Gasteiger partial charge in [-0.2, -0.15) is 0 Å². The lowest BCUT2D eigenvalue weighted by Gasteiger charge is -2.06. The summed E-state index contributed by atoms with van der Waals surface area (Å²) >= 11 is 6.86. The molecule has 0 atom stereocenters. The van der Waals surface area contributed by atoms with Crippen molar-refractivity contribution < 1.29 is 9.53 Å². The van der Waals surface area contributed by atoms with Crippen LogP contribution in [0.3, 0.4) is 0 Å². The van der Waals surface area contributed by atoms with Crippen LogP contribution in [0.15, 0.2) is 51.4 Å². The molecule has 0 saturated heterocycles. The Hall–Kier alpha value is -1.59. The Morgan fingerprint density at radius 2 is 1.91 bits per heavy atom. The summed E-state index contributed by atoms with van der Waals surface area (Å²) in [7, 11) is 1.61. The summed E-state index contributed by atoms with van der Waals surface area (Å²) in [5.41, 5.74) is 2.78. The summed E-state index contributed by atoms with van der Waals surface area (Å²) in [6, 6.07) is 11.4. The first-order chi connectivity index (χ1) is 10.5. The van der Waals surface area contributed by atoms with E-state index in [4.69, 9.17) is 4.74 Å². The van der Waals surface area contributed by atoms with E-state index in [1.165, 1.54) is 6.08 Å². The molecular weight excluding hydrogens is 410 g/mol. The molecule has 0 unspecified atom stereocenters. The zero-order valence-electron chi connectivity index (χ0n) is 12.2. The van der Waals surface area contributed by atoms with Crippen LogP contribution < -0.4 is 10.1 Å². The molecule has 0 aliphatic carbocycles. The SMILES string of the molecule is COc1ccc(/C=C/C(=O)Nc2ccc(C)cc2Br)cc1Br. The molecule has 0 heterocycles. The zero-order chi connectivity index (χ0) is 16.1. The van der Waals surface area contributed by atoms with Gasteiger partial charge in [-0.1, -0.05) is 12.1 Å². The van der Waals surface area contributed by atoms with Gasteiger partial charge in [-0.3, -0.25) is 4.79 Å². The van der Waals surface area contributed by atoms with Gasteiger partial charge in [-0.15, -0.1) is 0 Å². The van der Waals surface area contributed by atoms with Crippen LogP contribution in [0.1, 0.15) is 11.1 Å². The number of amides is 1. The van der Waals surface area contributed by atoms with Crippen LogP contribution >= 0.6 is 31.9 Å². The Labute approximate surface area is 146 Å². The van der Waals surface area contributed by atoms with E-state index in [0.717, 1.165) is 31.5 Å². The number of anilines is 1. The summed E-state index contributed by atoms with van der Waals surface area (Å²) in [6.45, 7) is 2.00. The zero-order valence-corrected chi connectivity index (χ0v) is 15.4. The van der Waals surface area contributed by atoms with E-state index in [0.29, 0.717) is 0 Å². The van der Waals surface area contributed by atoms with Crippen LogP contribution in [-0.2, 0) is 4.79 Å². The first-order valence-electron chi connectivity index (χ1n) is 6.58. The summed E-state index contributed by atoms with van der Waals surface area (Å²) in [4.78, 5) is 12.0. The van der Waals surface area contributed by atoms with Crippen molar-refractivity contribution in [2.24, 2.45) is 0 Å². The lowest BCUT2D eigenvalue weighted by atomic mass is 10.2. The predicted octanol–water partition coefficient (Wildman–Crippen LogP) is 5.18. The molecule has 0 bridgehead atoms. The van der Waals surface area contributed by atoms with Crippen LogP contribution in [0.25, 0.3) is 6.08 Å². The van der Waals surface area contributed by atoms with Crippen LogP contribution in [0.5, 0.6) is 5.75 Å². The van der Waals surface area contributed by atoms with E-state index >= 15 is 0 Å². The van der Waals surface area contributed by atoms with E-state index in [1.54, 1.807) is 13.2 Å². The van der Waals surface area contributed by atoms with E-state index in [1.807, 2.05) is 43.3 Å². The largest absolute Gasteiger partial charge is 0.496 e. The number of rotatable bonds is 4. The number of benzene rings is 2. The first-order valence-corrected chi connectivity index (χ1v) is 8.17. The second-order valence-electron chi connectivity index (χ2n) is 4.70. The average molecular weight is 425 g/mol. The number of aryl methyl sites for hydroxylation is 1. The highest BCUT2D eigenvalue weighted by Crippen LogP contribution is 2.26. The average Bonchev–Trinajstić information content (AvgIpc) is 2.48. The van der Waals surface area contributed by atoms with Gasteiger partial charge in [0.2, 0.25) is 5.91 Å². The molecule has 0 aliphatic heterocycles. The number of hydrogen-bond donors (Lipinski definition) is 1. The lowest BCUT2D eigenvalue weighted by Crippen LogP contribution is -2.08. The van der Waals surface area contributed by atoms with Crippen molar-refractivity contribution >= 4 is 49.5 Å². The van der Waals surface area contributed by atoms with Crippen molar-refractivity contribution in [3.63, 3.8) is 0 Å². The summed E-state index contributed by atoms with van der Waals surface area (Å²) in [5.74, 6) is 0.571. The highest BCUT2D eigenvalue weighted by molar-refractivity contribution is 9.11. The van der Waals surface area contributed by atoms with Gasteiger partial charge in [0.15, 0.2) is 0 Å². The fourth-order valence-corrected chi connectivity index (χ4v) is 3.00. The molecule has 114 valence electrons. The van der Waals surface area contributed by atoms with E-state index < -0.39 is 0 Å². The molecule has 0 fully saturated rings. The van der Waals surface area contributed by atoms with Crippen molar-refractivity contribution in [3.8, 4) is 5.75 Å². The molecule has 2 aromatic rings. The highest BCUT2D eigenvalue weighted by Gasteiger charge is 2.03. The standard InChI is InChI=1S/C17H15Br2NO2/c1-11-3-6-15(13(18)9-11)20-17(21)8-5-12-4-7-16(22-2)14(19)10-12/h3-10H,1-2H3,(H,20,21)/b8-5+. The van der Waals surface area contributed by atoms with Crippen molar-refractivity contribution in [2.45, 2.75) is 6.92 Å². The Kier molecular flexibility index (Phi) is 5.80. The van der Waals surface area contributed by atoms with Crippen LogP contribution in [-0.4, -0.2) is 13.0 Å². The molecule has 5 heteroatoms. The Morgan fingerprint density at radius 3 is 2.55 bits per heavy atom. The number of ether oxygens (including phenoxy) is 1. The van der Waals surface area contributed by atoms with Gasteiger partial charge in [-0.05, 0) is 80.3 Å². The number of hydrogen-bond acceptors (Lipinski definition) is 2. The highest BCUT2D eigenvalue weighted by atomic mass is 79.9. The van der Waals surface area contributed by atoms with Gasteiger partial charge in [-0.25, -0.2) is 0 Å². The van der Waals surface area contributed by atoms with E-state index in [9.17, 15) is 4.79 Å². The number of methoxy groups -OCH3 is 1. The fraction of sp³-hybridized carbons (Fsp3) is 0.118. The quantitative estimate of drug-likeness (QED) is 0.686. The van der Waals surface area contributed by atoms with Gasteiger partial charge in [0, 0.05) is 10.5 Å². The number of carbonyl (C=O) groups excluding carboxylic acids is 1. The Balaban J connectivity index is 2.06. The number of carbonyl (C=O) groups is 1. The maximum atomic E-state index is 12.0. The maximum Gasteiger partial charge on any atom is 0.248 e. The normalized spacial score (nSPS) is 10.7. The van der Waals surface area contributed by atoms with Crippen LogP contribution in [0, 0.1) is 6.92 Å².